The maximum atomic E-state index is 12.9. The molecule has 1 saturated carbocycles. The van der Waals surface area contributed by atoms with Crippen LogP contribution in [0.3, 0.4) is 0 Å². The lowest BCUT2D eigenvalue weighted by Gasteiger charge is -2.48. The number of benzene rings is 1. The van der Waals surface area contributed by atoms with E-state index in [0.29, 0.717) is 22.7 Å². The van der Waals surface area contributed by atoms with E-state index in [9.17, 15) is 9.59 Å². The van der Waals surface area contributed by atoms with Crippen LogP contribution in [0.25, 0.3) is 0 Å². The smallest absolute Gasteiger partial charge is 0.253 e. The second-order valence-electron chi connectivity index (χ2n) is 7.46. The predicted octanol–water partition coefficient (Wildman–Crippen LogP) is 2.37. The standard InChI is InChI=1S/C21H24N2O3/c1-12-10-17(24)22-13(2)18(12)21(25)23-19-15-8-9-26-20(15)16(19)11-14-6-4-3-5-7-14/h3-7,10,15-16,19-20H,8-9,11H2,1-2H3,(H,22,24)(H,23,25)/t15-,16+,19-,20-/m1/s1. The lowest BCUT2D eigenvalue weighted by Crippen LogP contribution is -2.62. The van der Waals surface area contributed by atoms with Crippen molar-refractivity contribution < 1.29 is 9.53 Å². The summed E-state index contributed by atoms with van der Waals surface area (Å²) in [6, 6.07) is 11.9. The van der Waals surface area contributed by atoms with Gasteiger partial charge in [-0.05, 0) is 37.8 Å². The minimum absolute atomic E-state index is 0.107. The van der Waals surface area contributed by atoms with E-state index in [4.69, 9.17) is 4.74 Å². The zero-order valence-electron chi connectivity index (χ0n) is 15.1. The number of nitrogens with one attached hydrogen (secondary N) is 2. The third kappa shape index (κ3) is 2.97. The summed E-state index contributed by atoms with van der Waals surface area (Å²) in [5, 5.41) is 3.23. The van der Waals surface area contributed by atoms with Crippen LogP contribution in [0.1, 0.15) is 33.6 Å². The molecule has 5 heteroatoms. The molecule has 2 N–H and O–H groups in total. The van der Waals surface area contributed by atoms with Gasteiger partial charge in [-0.15, -0.1) is 0 Å². The molecule has 2 fully saturated rings. The van der Waals surface area contributed by atoms with Crippen LogP contribution >= 0.6 is 0 Å². The number of ether oxygens (including phenoxy) is 1. The molecule has 1 aliphatic carbocycles. The zero-order valence-corrected chi connectivity index (χ0v) is 15.1. The van der Waals surface area contributed by atoms with Crippen molar-refractivity contribution in [3.63, 3.8) is 0 Å². The van der Waals surface area contributed by atoms with Crippen LogP contribution in [-0.2, 0) is 11.2 Å². The minimum Gasteiger partial charge on any atom is -0.377 e. The van der Waals surface area contributed by atoms with Gasteiger partial charge in [0.1, 0.15) is 0 Å². The monoisotopic (exact) mass is 352 g/mol. The number of hydrogen-bond donors (Lipinski definition) is 2. The third-order valence-corrected chi connectivity index (χ3v) is 5.79. The van der Waals surface area contributed by atoms with Gasteiger partial charge in [-0.3, -0.25) is 9.59 Å². The fourth-order valence-electron chi connectivity index (χ4n) is 4.59. The number of pyridine rings is 1. The molecule has 1 aromatic carbocycles. The molecule has 4 atom stereocenters. The van der Waals surface area contributed by atoms with Gasteiger partial charge in [0, 0.05) is 36.2 Å². The summed E-state index contributed by atoms with van der Waals surface area (Å²) in [4.78, 5) is 27.2. The molecule has 1 saturated heterocycles. The molecule has 2 aromatic rings. The number of carbonyl (C=O) groups is 1. The molecule has 0 bridgehead atoms. The van der Waals surface area contributed by atoms with Crippen LogP contribution in [0.2, 0.25) is 0 Å². The minimum atomic E-state index is -0.175. The van der Waals surface area contributed by atoms with Crippen LogP contribution in [-0.4, -0.2) is 29.6 Å². The normalized spacial score (nSPS) is 26.8. The lowest BCUT2D eigenvalue weighted by molar-refractivity contribution is -0.0528. The first-order valence-electron chi connectivity index (χ1n) is 9.21. The van der Waals surface area contributed by atoms with Gasteiger partial charge in [0.15, 0.2) is 0 Å². The lowest BCUT2D eigenvalue weighted by atomic mass is 9.64. The maximum absolute atomic E-state index is 12.9. The summed E-state index contributed by atoms with van der Waals surface area (Å²) in [6.07, 6.45) is 2.12. The molecular formula is C21H24N2O3. The van der Waals surface area contributed by atoms with Crippen molar-refractivity contribution in [2.75, 3.05) is 6.61 Å². The molecule has 5 nitrogen and oxygen atoms in total. The van der Waals surface area contributed by atoms with Gasteiger partial charge in [0.05, 0.1) is 11.7 Å². The van der Waals surface area contributed by atoms with E-state index in [1.54, 1.807) is 13.8 Å². The highest BCUT2D eigenvalue weighted by atomic mass is 16.5. The van der Waals surface area contributed by atoms with E-state index >= 15 is 0 Å². The van der Waals surface area contributed by atoms with E-state index in [-0.39, 0.29) is 29.5 Å². The summed E-state index contributed by atoms with van der Waals surface area (Å²) >= 11 is 0. The Balaban J connectivity index is 1.54. The van der Waals surface area contributed by atoms with E-state index in [1.807, 2.05) is 18.2 Å². The summed E-state index contributed by atoms with van der Waals surface area (Å²) < 4.78 is 5.92. The number of aryl methyl sites for hydroxylation is 2. The fraction of sp³-hybridized carbons (Fsp3) is 0.429. The molecule has 26 heavy (non-hydrogen) atoms. The molecule has 4 rings (SSSR count). The molecule has 0 spiro atoms. The summed E-state index contributed by atoms with van der Waals surface area (Å²) in [6.45, 7) is 4.34. The highest BCUT2D eigenvalue weighted by Crippen LogP contribution is 2.45. The number of amides is 1. The second kappa shape index (κ2) is 6.72. The van der Waals surface area contributed by atoms with Crippen molar-refractivity contribution in [3.05, 3.63) is 69.1 Å². The molecule has 2 aliphatic rings. The first kappa shape index (κ1) is 17.0. The van der Waals surface area contributed by atoms with Crippen LogP contribution in [0, 0.1) is 25.7 Å². The van der Waals surface area contributed by atoms with Crippen LogP contribution in [0.15, 0.2) is 41.2 Å². The summed E-state index contributed by atoms with van der Waals surface area (Å²) in [7, 11) is 0. The summed E-state index contributed by atoms with van der Waals surface area (Å²) in [5.41, 5.74) is 2.99. The Labute approximate surface area is 152 Å². The maximum Gasteiger partial charge on any atom is 0.253 e. The largest absolute Gasteiger partial charge is 0.377 e. The Morgan fingerprint density at radius 2 is 2.04 bits per heavy atom. The average molecular weight is 352 g/mol. The highest BCUT2D eigenvalue weighted by Gasteiger charge is 2.54. The molecule has 0 radical (unpaired) electrons. The number of aromatic amines is 1. The van der Waals surface area contributed by atoms with Crippen LogP contribution in [0.5, 0.6) is 0 Å². The Morgan fingerprint density at radius 1 is 1.27 bits per heavy atom. The van der Waals surface area contributed by atoms with Gasteiger partial charge in [-0.2, -0.15) is 0 Å². The molecule has 1 amide bonds. The van der Waals surface area contributed by atoms with Gasteiger partial charge >= 0.3 is 0 Å². The first-order chi connectivity index (χ1) is 12.5. The topological polar surface area (TPSA) is 71.2 Å². The van der Waals surface area contributed by atoms with Crippen molar-refractivity contribution in [1.82, 2.24) is 10.3 Å². The second-order valence-corrected chi connectivity index (χ2v) is 7.46. The van der Waals surface area contributed by atoms with E-state index in [0.717, 1.165) is 19.4 Å². The van der Waals surface area contributed by atoms with Gasteiger partial charge in [-0.25, -0.2) is 0 Å². The van der Waals surface area contributed by atoms with Crippen molar-refractivity contribution in [1.29, 1.82) is 0 Å². The quantitative estimate of drug-likeness (QED) is 0.887. The molecule has 1 aromatic heterocycles. The number of hydrogen-bond acceptors (Lipinski definition) is 3. The molecule has 0 unspecified atom stereocenters. The van der Waals surface area contributed by atoms with Crippen molar-refractivity contribution in [2.24, 2.45) is 11.8 Å². The van der Waals surface area contributed by atoms with Gasteiger partial charge in [0.2, 0.25) is 5.56 Å². The van der Waals surface area contributed by atoms with Crippen molar-refractivity contribution in [3.8, 4) is 0 Å². The third-order valence-electron chi connectivity index (χ3n) is 5.79. The molecule has 1 aliphatic heterocycles. The SMILES string of the molecule is Cc1cc(=O)[nH]c(C)c1C(=O)N[C@@H]1[C@H]2CCO[C@H]2[C@H]1Cc1ccccc1. The van der Waals surface area contributed by atoms with E-state index in [2.05, 4.69) is 22.4 Å². The Kier molecular flexibility index (Phi) is 4.41. The Bertz CT molecular complexity index is 848. The zero-order chi connectivity index (χ0) is 18.3. The highest BCUT2D eigenvalue weighted by molar-refractivity contribution is 5.96. The predicted molar refractivity (Wildman–Crippen MR) is 99.3 cm³/mol. The number of rotatable bonds is 4. The summed E-state index contributed by atoms with van der Waals surface area (Å²) in [5.74, 6) is 0.568. The molecular weight excluding hydrogens is 328 g/mol. The Morgan fingerprint density at radius 3 is 2.77 bits per heavy atom. The number of H-pyrrole nitrogens is 1. The molecule has 2 heterocycles. The van der Waals surface area contributed by atoms with Gasteiger partial charge in [-0.1, -0.05) is 30.3 Å². The fourth-order valence-corrected chi connectivity index (χ4v) is 4.59. The first-order valence-corrected chi connectivity index (χ1v) is 9.21. The Hall–Kier alpha value is -2.40. The number of aromatic nitrogens is 1. The van der Waals surface area contributed by atoms with Crippen LogP contribution in [0.4, 0.5) is 0 Å². The van der Waals surface area contributed by atoms with Crippen molar-refractivity contribution >= 4 is 5.91 Å². The number of fused-ring (bicyclic) bond motifs is 1. The number of carbonyl (C=O) groups excluding carboxylic acids is 1. The van der Waals surface area contributed by atoms with Gasteiger partial charge in [0.25, 0.3) is 5.91 Å². The molecule has 136 valence electrons. The van der Waals surface area contributed by atoms with Crippen LogP contribution < -0.4 is 10.9 Å². The van der Waals surface area contributed by atoms with E-state index in [1.165, 1.54) is 11.6 Å². The van der Waals surface area contributed by atoms with Crippen molar-refractivity contribution in [2.45, 2.75) is 38.8 Å². The average Bonchev–Trinajstić information content (AvgIpc) is 3.02. The van der Waals surface area contributed by atoms with Gasteiger partial charge < -0.3 is 15.0 Å². The van der Waals surface area contributed by atoms with E-state index < -0.39 is 0 Å².